The van der Waals surface area contributed by atoms with Gasteiger partial charge < -0.3 is 0 Å². The number of hydrogen-bond donors (Lipinski definition) is 0. The van der Waals surface area contributed by atoms with E-state index in [-0.39, 0.29) is 0 Å². The van der Waals surface area contributed by atoms with Gasteiger partial charge in [0.25, 0.3) is 0 Å². The maximum atomic E-state index is 2.45. The molecule has 0 heterocycles. The highest BCUT2D eigenvalue weighted by molar-refractivity contribution is 5.08. The molecule has 0 aromatic heterocycles. The van der Waals surface area contributed by atoms with Crippen LogP contribution in [0.4, 0.5) is 0 Å². The van der Waals surface area contributed by atoms with Gasteiger partial charge in [-0.1, -0.05) is 27.7 Å². The van der Waals surface area contributed by atoms with E-state index in [0.717, 1.165) is 23.7 Å². The van der Waals surface area contributed by atoms with Gasteiger partial charge in [-0.2, -0.15) is 0 Å². The topological polar surface area (TPSA) is 0 Å². The molecule has 2 saturated carbocycles. The third kappa shape index (κ3) is 0.947. The summed E-state index contributed by atoms with van der Waals surface area (Å²) in [5.41, 5.74) is 0.707. The van der Waals surface area contributed by atoms with Gasteiger partial charge in [-0.25, -0.2) is 0 Å². The summed E-state index contributed by atoms with van der Waals surface area (Å²) in [4.78, 5) is 0. The molecule has 11 heavy (non-hydrogen) atoms. The van der Waals surface area contributed by atoms with Gasteiger partial charge in [-0.15, -0.1) is 0 Å². The van der Waals surface area contributed by atoms with Crippen molar-refractivity contribution in [3.05, 3.63) is 0 Å². The lowest BCUT2D eigenvalue weighted by Gasteiger charge is -2.24. The van der Waals surface area contributed by atoms with Gasteiger partial charge in [0.2, 0.25) is 0 Å². The lowest BCUT2D eigenvalue weighted by Crippen LogP contribution is -2.14. The predicted molar refractivity (Wildman–Crippen MR) is 48.3 cm³/mol. The first kappa shape index (κ1) is 7.64. The van der Waals surface area contributed by atoms with Crippen LogP contribution in [0.1, 0.15) is 40.5 Å². The van der Waals surface area contributed by atoms with E-state index in [4.69, 9.17) is 0 Å². The molecule has 0 nitrogen and oxygen atoms in total. The SMILES string of the molecule is CC1CC2C(C[C@H]1C)C2(C)C. The highest BCUT2D eigenvalue weighted by Gasteiger charge is 2.59. The van der Waals surface area contributed by atoms with E-state index < -0.39 is 0 Å². The zero-order chi connectivity index (χ0) is 8.22. The number of rotatable bonds is 0. The summed E-state index contributed by atoms with van der Waals surface area (Å²) in [7, 11) is 0. The Kier molecular flexibility index (Phi) is 1.41. The van der Waals surface area contributed by atoms with Crippen LogP contribution in [-0.2, 0) is 0 Å². The smallest absolute Gasteiger partial charge is 0.0292 e. The Morgan fingerprint density at radius 1 is 0.909 bits per heavy atom. The van der Waals surface area contributed by atoms with Crippen LogP contribution in [-0.4, -0.2) is 0 Å². The van der Waals surface area contributed by atoms with Crippen molar-refractivity contribution in [3.63, 3.8) is 0 Å². The van der Waals surface area contributed by atoms with Gasteiger partial charge >= 0.3 is 0 Å². The normalized spacial score (nSPS) is 53.5. The van der Waals surface area contributed by atoms with Crippen LogP contribution in [0.15, 0.2) is 0 Å². The van der Waals surface area contributed by atoms with Crippen LogP contribution < -0.4 is 0 Å². The third-order valence-electron chi connectivity index (χ3n) is 4.51. The second-order valence-corrected chi connectivity index (χ2v) is 5.46. The van der Waals surface area contributed by atoms with Gasteiger partial charge in [0.1, 0.15) is 0 Å². The fourth-order valence-corrected chi connectivity index (χ4v) is 3.06. The molecular formula is C11H20. The van der Waals surface area contributed by atoms with Crippen molar-refractivity contribution in [2.24, 2.45) is 29.1 Å². The summed E-state index contributed by atoms with van der Waals surface area (Å²) >= 11 is 0. The Bertz CT molecular complexity index is 151. The van der Waals surface area contributed by atoms with Crippen molar-refractivity contribution in [1.82, 2.24) is 0 Å². The van der Waals surface area contributed by atoms with Crippen LogP contribution >= 0.6 is 0 Å². The Morgan fingerprint density at radius 3 is 1.64 bits per heavy atom. The van der Waals surface area contributed by atoms with Crippen molar-refractivity contribution in [1.29, 1.82) is 0 Å². The van der Waals surface area contributed by atoms with Crippen LogP contribution in [0.3, 0.4) is 0 Å². The highest BCUT2D eigenvalue weighted by atomic mass is 14.6. The molecule has 0 heteroatoms. The minimum atomic E-state index is 0.707. The van der Waals surface area contributed by atoms with E-state index in [2.05, 4.69) is 27.7 Å². The van der Waals surface area contributed by atoms with E-state index in [1.165, 1.54) is 12.8 Å². The van der Waals surface area contributed by atoms with Crippen LogP contribution in [0, 0.1) is 29.1 Å². The molecule has 4 atom stereocenters. The van der Waals surface area contributed by atoms with Crippen molar-refractivity contribution in [2.45, 2.75) is 40.5 Å². The second-order valence-electron chi connectivity index (χ2n) is 5.46. The average molecular weight is 152 g/mol. The molecule has 0 N–H and O–H groups in total. The largest absolute Gasteiger partial charge is 0.0622 e. The lowest BCUT2D eigenvalue weighted by molar-refractivity contribution is 0.265. The Labute approximate surface area is 70.4 Å². The summed E-state index contributed by atoms with van der Waals surface area (Å²) in [6, 6.07) is 0. The van der Waals surface area contributed by atoms with Crippen molar-refractivity contribution >= 4 is 0 Å². The summed E-state index contributed by atoms with van der Waals surface area (Å²) in [5, 5.41) is 0. The maximum Gasteiger partial charge on any atom is -0.0292 e. The molecule has 0 bridgehead atoms. The number of fused-ring (bicyclic) bond motifs is 1. The standard InChI is InChI=1S/C11H20/c1-7-5-9-10(6-8(7)2)11(9,3)4/h7-10H,5-6H2,1-4H3/t7-,8?,9?,10?/m1/s1. The molecule has 0 saturated heterocycles. The lowest BCUT2D eigenvalue weighted by atomic mass is 9.82. The predicted octanol–water partition coefficient (Wildman–Crippen LogP) is 3.32. The molecule has 2 fully saturated rings. The molecule has 0 amide bonds. The minimum absolute atomic E-state index is 0.707. The third-order valence-corrected chi connectivity index (χ3v) is 4.51. The number of hydrogen-bond acceptors (Lipinski definition) is 0. The molecule has 0 aliphatic heterocycles. The molecule has 2 rings (SSSR count). The quantitative estimate of drug-likeness (QED) is 0.499. The van der Waals surface area contributed by atoms with Crippen molar-refractivity contribution in [2.75, 3.05) is 0 Å². The monoisotopic (exact) mass is 152 g/mol. The Morgan fingerprint density at radius 2 is 1.27 bits per heavy atom. The van der Waals surface area contributed by atoms with Crippen molar-refractivity contribution < 1.29 is 0 Å². The van der Waals surface area contributed by atoms with E-state index in [1.807, 2.05) is 0 Å². The molecule has 0 radical (unpaired) electrons. The first-order valence-electron chi connectivity index (χ1n) is 5.03. The molecule has 0 aromatic carbocycles. The molecule has 64 valence electrons. The highest BCUT2D eigenvalue weighted by Crippen LogP contribution is 2.66. The molecule has 0 aromatic rings. The fraction of sp³-hybridized carbons (Fsp3) is 1.00. The van der Waals surface area contributed by atoms with E-state index in [9.17, 15) is 0 Å². The average Bonchev–Trinajstić information content (AvgIpc) is 2.39. The van der Waals surface area contributed by atoms with E-state index >= 15 is 0 Å². The molecule has 2 aliphatic rings. The van der Waals surface area contributed by atoms with Crippen molar-refractivity contribution in [3.8, 4) is 0 Å². The summed E-state index contributed by atoms with van der Waals surface area (Å²) in [6.45, 7) is 9.75. The molecule has 2 aliphatic carbocycles. The summed E-state index contributed by atoms with van der Waals surface area (Å²) < 4.78 is 0. The molecular weight excluding hydrogens is 132 g/mol. The summed E-state index contributed by atoms with van der Waals surface area (Å²) in [6.07, 6.45) is 3.00. The minimum Gasteiger partial charge on any atom is -0.0622 e. The van der Waals surface area contributed by atoms with Gasteiger partial charge in [-0.3, -0.25) is 0 Å². The van der Waals surface area contributed by atoms with Gasteiger partial charge in [0.15, 0.2) is 0 Å². The zero-order valence-electron chi connectivity index (χ0n) is 8.22. The van der Waals surface area contributed by atoms with Crippen LogP contribution in [0.2, 0.25) is 0 Å². The fourth-order valence-electron chi connectivity index (χ4n) is 3.06. The van der Waals surface area contributed by atoms with Crippen LogP contribution in [0.25, 0.3) is 0 Å². The summed E-state index contributed by atoms with van der Waals surface area (Å²) in [5.74, 6) is 4.12. The van der Waals surface area contributed by atoms with Gasteiger partial charge in [0.05, 0.1) is 0 Å². The Balaban J connectivity index is 2.07. The molecule has 3 unspecified atom stereocenters. The Hall–Kier alpha value is 0. The maximum absolute atomic E-state index is 2.45. The van der Waals surface area contributed by atoms with E-state index in [1.54, 1.807) is 0 Å². The second kappa shape index (κ2) is 2.02. The van der Waals surface area contributed by atoms with Crippen LogP contribution in [0.5, 0.6) is 0 Å². The van der Waals surface area contributed by atoms with E-state index in [0.29, 0.717) is 5.41 Å². The van der Waals surface area contributed by atoms with Gasteiger partial charge in [0, 0.05) is 0 Å². The molecule has 0 spiro atoms. The first-order chi connectivity index (χ1) is 5.03. The first-order valence-corrected chi connectivity index (χ1v) is 5.03. The van der Waals surface area contributed by atoms with Gasteiger partial charge in [-0.05, 0) is 41.9 Å². The zero-order valence-corrected chi connectivity index (χ0v) is 8.22.